The summed E-state index contributed by atoms with van der Waals surface area (Å²) in [6.07, 6.45) is 0. The highest BCUT2D eigenvalue weighted by Crippen LogP contribution is 2.32. The van der Waals surface area contributed by atoms with Gasteiger partial charge in [-0.1, -0.05) is 27.5 Å². The van der Waals surface area contributed by atoms with E-state index in [2.05, 4.69) is 26.1 Å². The molecule has 7 heteroatoms. The minimum absolute atomic E-state index is 0.247. The minimum Gasteiger partial charge on any atom is -0.496 e. The molecule has 0 saturated carbocycles. The number of methoxy groups -OCH3 is 1. The molecule has 26 heavy (non-hydrogen) atoms. The molecule has 0 aliphatic carbocycles. The molecule has 0 radical (unpaired) electrons. The van der Waals surface area contributed by atoms with Crippen molar-refractivity contribution in [2.75, 3.05) is 43.6 Å². The summed E-state index contributed by atoms with van der Waals surface area (Å²) in [5, 5.41) is 3.55. The number of carbonyl (C=O) groups excluding carboxylic acids is 1. The number of aryl methyl sites for hydroxylation is 1. The first-order chi connectivity index (χ1) is 12.5. The number of nitrogens with zero attached hydrogens (tertiary/aromatic N) is 1. The van der Waals surface area contributed by atoms with Gasteiger partial charge in [0.25, 0.3) is 5.91 Å². The highest BCUT2D eigenvalue weighted by molar-refractivity contribution is 9.10. The van der Waals surface area contributed by atoms with Crippen LogP contribution in [0.3, 0.4) is 0 Å². The van der Waals surface area contributed by atoms with Crippen molar-refractivity contribution in [3.63, 3.8) is 0 Å². The summed E-state index contributed by atoms with van der Waals surface area (Å²) in [7, 11) is 1.56. The van der Waals surface area contributed by atoms with E-state index in [0.29, 0.717) is 35.2 Å². The van der Waals surface area contributed by atoms with Crippen molar-refractivity contribution in [3.05, 3.63) is 51.0 Å². The molecule has 1 aliphatic heterocycles. The Morgan fingerprint density at radius 3 is 2.69 bits per heavy atom. The van der Waals surface area contributed by atoms with Crippen LogP contribution in [-0.4, -0.2) is 39.3 Å². The van der Waals surface area contributed by atoms with Crippen molar-refractivity contribution in [2.24, 2.45) is 0 Å². The Labute approximate surface area is 166 Å². The second-order valence-electron chi connectivity index (χ2n) is 6.02. The molecule has 1 amide bonds. The molecular weight excluding hydrogens is 420 g/mol. The van der Waals surface area contributed by atoms with Gasteiger partial charge in [-0.2, -0.15) is 0 Å². The fourth-order valence-electron chi connectivity index (χ4n) is 3.05. The quantitative estimate of drug-likeness (QED) is 0.761. The standard InChI is InChI=1S/C19H20BrClN2O3/c1-12-9-13(20)10-15(18(12)25-2)19(24)22-16-11-14(21)3-4-17(16)23-5-7-26-8-6-23/h3-4,9-11H,5-8H2,1-2H3,(H,22,24). The van der Waals surface area contributed by atoms with E-state index in [0.717, 1.165) is 28.8 Å². The SMILES string of the molecule is COc1c(C)cc(Br)cc1C(=O)Nc1cc(Cl)ccc1N1CCOCC1. The summed E-state index contributed by atoms with van der Waals surface area (Å²) in [6, 6.07) is 9.17. The Morgan fingerprint density at radius 1 is 1.27 bits per heavy atom. The molecule has 1 fully saturated rings. The maximum absolute atomic E-state index is 12.9. The molecule has 0 spiro atoms. The molecule has 0 unspecified atom stereocenters. The van der Waals surface area contributed by atoms with Crippen molar-refractivity contribution in [1.29, 1.82) is 0 Å². The molecule has 0 aromatic heterocycles. The molecule has 5 nitrogen and oxygen atoms in total. The summed E-state index contributed by atoms with van der Waals surface area (Å²) >= 11 is 9.61. The average Bonchev–Trinajstić information content (AvgIpc) is 2.62. The van der Waals surface area contributed by atoms with Gasteiger partial charge in [0.05, 0.1) is 37.3 Å². The van der Waals surface area contributed by atoms with Gasteiger partial charge < -0.3 is 19.7 Å². The van der Waals surface area contributed by atoms with Gasteiger partial charge in [0.1, 0.15) is 5.75 Å². The zero-order chi connectivity index (χ0) is 18.7. The zero-order valence-electron chi connectivity index (χ0n) is 14.6. The molecule has 1 heterocycles. The average molecular weight is 440 g/mol. The summed E-state index contributed by atoms with van der Waals surface area (Å²) < 4.78 is 11.7. The number of hydrogen-bond acceptors (Lipinski definition) is 4. The van der Waals surface area contributed by atoms with Gasteiger partial charge in [0.15, 0.2) is 0 Å². The predicted octanol–water partition coefficient (Wildman–Crippen LogP) is 4.51. The van der Waals surface area contributed by atoms with E-state index >= 15 is 0 Å². The van der Waals surface area contributed by atoms with Crippen LogP contribution in [0.1, 0.15) is 15.9 Å². The Morgan fingerprint density at radius 2 is 2.00 bits per heavy atom. The van der Waals surface area contributed by atoms with Crippen LogP contribution < -0.4 is 15.0 Å². The molecule has 1 saturated heterocycles. The molecule has 0 atom stereocenters. The van der Waals surface area contributed by atoms with Gasteiger partial charge >= 0.3 is 0 Å². The Hall–Kier alpha value is -1.76. The number of amides is 1. The van der Waals surface area contributed by atoms with Gasteiger partial charge in [-0.15, -0.1) is 0 Å². The minimum atomic E-state index is -0.247. The highest BCUT2D eigenvalue weighted by atomic mass is 79.9. The van der Waals surface area contributed by atoms with Crippen LogP contribution in [0.5, 0.6) is 5.75 Å². The fourth-order valence-corrected chi connectivity index (χ4v) is 3.79. The second-order valence-corrected chi connectivity index (χ2v) is 7.37. The van der Waals surface area contributed by atoms with E-state index in [-0.39, 0.29) is 5.91 Å². The topological polar surface area (TPSA) is 50.8 Å². The number of anilines is 2. The van der Waals surface area contributed by atoms with Crippen molar-refractivity contribution in [1.82, 2.24) is 0 Å². The number of halogens is 2. The number of carbonyl (C=O) groups is 1. The van der Waals surface area contributed by atoms with Gasteiger partial charge in [0.2, 0.25) is 0 Å². The fraction of sp³-hybridized carbons (Fsp3) is 0.316. The number of nitrogens with one attached hydrogen (secondary N) is 1. The van der Waals surface area contributed by atoms with E-state index in [1.165, 1.54) is 0 Å². The van der Waals surface area contributed by atoms with Crippen LogP contribution in [0.25, 0.3) is 0 Å². The van der Waals surface area contributed by atoms with Gasteiger partial charge in [-0.25, -0.2) is 0 Å². The molecular formula is C19H20BrClN2O3. The van der Waals surface area contributed by atoms with Crippen molar-refractivity contribution in [2.45, 2.75) is 6.92 Å². The van der Waals surface area contributed by atoms with Crippen LogP contribution in [0.2, 0.25) is 5.02 Å². The van der Waals surface area contributed by atoms with Crippen LogP contribution in [0.4, 0.5) is 11.4 Å². The molecule has 138 valence electrons. The maximum atomic E-state index is 12.9. The number of morpholine rings is 1. The first-order valence-electron chi connectivity index (χ1n) is 8.27. The lowest BCUT2D eigenvalue weighted by Gasteiger charge is -2.30. The highest BCUT2D eigenvalue weighted by Gasteiger charge is 2.20. The van der Waals surface area contributed by atoms with Crippen molar-refractivity contribution >= 4 is 44.8 Å². The van der Waals surface area contributed by atoms with E-state index in [1.807, 2.05) is 25.1 Å². The predicted molar refractivity (Wildman–Crippen MR) is 108 cm³/mol. The van der Waals surface area contributed by atoms with E-state index in [4.69, 9.17) is 21.1 Å². The number of rotatable bonds is 4. The molecule has 3 rings (SSSR count). The molecule has 1 N–H and O–H groups in total. The summed E-state index contributed by atoms with van der Waals surface area (Å²) in [4.78, 5) is 15.1. The Kier molecular flexibility index (Phi) is 6.06. The Bertz CT molecular complexity index is 823. The van der Waals surface area contributed by atoms with Crippen LogP contribution >= 0.6 is 27.5 Å². The summed E-state index contributed by atoms with van der Waals surface area (Å²) in [5.74, 6) is 0.309. The first-order valence-corrected chi connectivity index (χ1v) is 9.44. The third-order valence-corrected chi connectivity index (χ3v) is 4.94. The molecule has 2 aromatic carbocycles. The van der Waals surface area contributed by atoms with Gasteiger partial charge in [-0.05, 0) is 42.8 Å². The maximum Gasteiger partial charge on any atom is 0.259 e. The van der Waals surface area contributed by atoms with Gasteiger partial charge in [-0.3, -0.25) is 4.79 Å². The largest absolute Gasteiger partial charge is 0.496 e. The third kappa shape index (κ3) is 4.14. The monoisotopic (exact) mass is 438 g/mol. The van der Waals surface area contributed by atoms with E-state index < -0.39 is 0 Å². The van der Waals surface area contributed by atoms with Crippen LogP contribution in [-0.2, 0) is 4.74 Å². The van der Waals surface area contributed by atoms with Gasteiger partial charge in [0, 0.05) is 22.6 Å². The first kappa shape index (κ1) is 19.0. The third-order valence-electron chi connectivity index (χ3n) is 4.25. The van der Waals surface area contributed by atoms with E-state index in [1.54, 1.807) is 19.2 Å². The lowest BCUT2D eigenvalue weighted by Crippen LogP contribution is -2.36. The lowest BCUT2D eigenvalue weighted by atomic mass is 10.1. The number of benzene rings is 2. The molecule has 0 bridgehead atoms. The van der Waals surface area contributed by atoms with Crippen molar-refractivity contribution < 1.29 is 14.3 Å². The smallest absolute Gasteiger partial charge is 0.259 e. The molecule has 2 aromatic rings. The number of ether oxygens (including phenoxy) is 2. The van der Waals surface area contributed by atoms with Crippen LogP contribution in [0, 0.1) is 6.92 Å². The molecule has 1 aliphatic rings. The zero-order valence-corrected chi connectivity index (χ0v) is 17.0. The van der Waals surface area contributed by atoms with Crippen LogP contribution in [0.15, 0.2) is 34.8 Å². The van der Waals surface area contributed by atoms with E-state index in [9.17, 15) is 4.79 Å². The summed E-state index contributed by atoms with van der Waals surface area (Å²) in [5.41, 5.74) is 2.94. The van der Waals surface area contributed by atoms with Crippen molar-refractivity contribution in [3.8, 4) is 5.75 Å². The second kappa shape index (κ2) is 8.29. The Balaban J connectivity index is 1.94. The lowest BCUT2D eigenvalue weighted by molar-refractivity contribution is 0.102. The normalized spacial score (nSPS) is 14.2. The number of hydrogen-bond donors (Lipinski definition) is 1. The summed E-state index contributed by atoms with van der Waals surface area (Å²) in [6.45, 7) is 4.76.